The van der Waals surface area contributed by atoms with Crippen molar-refractivity contribution in [2.75, 3.05) is 50.7 Å². The van der Waals surface area contributed by atoms with Crippen LogP contribution in [0.15, 0.2) is 24.4 Å². The van der Waals surface area contributed by atoms with Crippen LogP contribution in [0.3, 0.4) is 0 Å². The second kappa shape index (κ2) is 11.7. The zero-order valence-corrected chi connectivity index (χ0v) is 19.7. The van der Waals surface area contributed by atoms with Crippen molar-refractivity contribution < 1.29 is 14.7 Å². The number of aromatic nitrogens is 1. The molecule has 2 amide bonds. The van der Waals surface area contributed by atoms with E-state index in [0.29, 0.717) is 19.1 Å². The first kappa shape index (κ1) is 23.8. The van der Waals surface area contributed by atoms with Gasteiger partial charge in [-0.05, 0) is 56.2 Å². The lowest BCUT2D eigenvalue weighted by Gasteiger charge is -2.41. The maximum Gasteiger partial charge on any atom is 0.317 e. The molecule has 1 saturated carbocycles. The molecule has 3 fully saturated rings. The molecular formula is C25H39N5O3. The van der Waals surface area contributed by atoms with Crippen LogP contribution in [-0.4, -0.2) is 83.7 Å². The number of anilines is 1. The van der Waals surface area contributed by atoms with Crippen molar-refractivity contribution in [1.29, 1.82) is 0 Å². The lowest BCUT2D eigenvalue weighted by molar-refractivity contribution is -0.139. The fourth-order valence-electron chi connectivity index (χ4n) is 5.69. The number of pyridine rings is 1. The summed E-state index contributed by atoms with van der Waals surface area (Å²) in [6, 6.07) is 6.37. The Morgan fingerprint density at radius 2 is 1.79 bits per heavy atom. The Kier molecular flexibility index (Phi) is 8.42. The van der Waals surface area contributed by atoms with Crippen LogP contribution in [0.4, 0.5) is 10.6 Å². The highest BCUT2D eigenvalue weighted by molar-refractivity contribution is 5.74. The number of likely N-dealkylation sites (tertiary alicyclic amines) is 1. The number of rotatable bonds is 7. The predicted molar refractivity (Wildman–Crippen MR) is 128 cm³/mol. The molecule has 0 spiro atoms. The molecule has 2 saturated heterocycles. The number of piperazine rings is 1. The molecule has 2 unspecified atom stereocenters. The van der Waals surface area contributed by atoms with E-state index in [1.807, 2.05) is 23.2 Å². The Hall–Kier alpha value is -2.35. The van der Waals surface area contributed by atoms with Crippen molar-refractivity contribution in [3.63, 3.8) is 0 Å². The lowest BCUT2D eigenvalue weighted by atomic mass is 9.81. The van der Waals surface area contributed by atoms with Gasteiger partial charge in [-0.1, -0.05) is 25.3 Å². The lowest BCUT2D eigenvalue weighted by Crippen LogP contribution is -2.52. The van der Waals surface area contributed by atoms with Crippen molar-refractivity contribution in [2.24, 2.45) is 11.8 Å². The van der Waals surface area contributed by atoms with Crippen LogP contribution in [0.2, 0.25) is 0 Å². The average Bonchev–Trinajstić information content (AvgIpc) is 2.84. The molecule has 1 aromatic rings. The maximum absolute atomic E-state index is 12.9. The molecule has 8 heteroatoms. The molecule has 0 radical (unpaired) electrons. The van der Waals surface area contributed by atoms with Gasteiger partial charge in [-0.25, -0.2) is 9.78 Å². The topological polar surface area (TPSA) is 89.0 Å². The first-order valence-electron chi connectivity index (χ1n) is 12.7. The molecule has 33 heavy (non-hydrogen) atoms. The SMILES string of the molecule is O=C(O)CC1CCN(C(=O)NC2CCCCC2)CC1CCN1CCN(c2ccccn2)CC1. The summed E-state index contributed by atoms with van der Waals surface area (Å²) in [5, 5.41) is 12.7. The fraction of sp³-hybridized carbons (Fsp3) is 0.720. The summed E-state index contributed by atoms with van der Waals surface area (Å²) in [4.78, 5) is 35.5. The normalized spacial score (nSPS) is 25.1. The number of carboxylic acid groups (broad SMARTS) is 1. The number of carbonyl (C=O) groups is 2. The van der Waals surface area contributed by atoms with E-state index in [9.17, 15) is 14.7 Å². The third-order valence-electron chi connectivity index (χ3n) is 7.71. The van der Waals surface area contributed by atoms with Crippen LogP contribution < -0.4 is 10.2 Å². The molecule has 2 aliphatic heterocycles. The first-order chi connectivity index (χ1) is 16.1. The predicted octanol–water partition coefficient (Wildman–Crippen LogP) is 3.05. The van der Waals surface area contributed by atoms with Crippen LogP contribution in [-0.2, 0) is 4.79 Å². The van der Waals surface area contributed by atoms with Gasteiger partial charge in [0.05, 0.1) is 0 Å². The molecule has 3 heterocycles. The molecule has 8 nitrogen and oxygen atoms in total. The molecule has 1 aromatic heterocycles. The van der Waals surface area contributed by atoms with E-state index in [4.69, 9.17) is 0 Å². The second-order valence-corrected chi connectivity index (χ2v) is 9.94. The van der Waals surface area contributed by atoms with E-state index >= 15 is 0 Å². The Morgan fingerprint density at radius 1 is 1.00 bits per heavy atom. The Balaban J connectivity index is 1.27. The number of nitrogens with zero attached hydrogens (tertiary/aromatic N) is 4. The zero-order valence-electron chi connectivity index (χ0n) is 19.7. The van der Waals surface area contributed by atoms with E-state index in [1.54, 1.807) is 0 Å². The van der Waals surface area contributed by atoms with E-state index in [-0.39, 0.29) is 24.3 Å². The van der Waals surface area contributed by atoms with Crippen molar-refractivity contribution >= 4 is 17.8 Å². The number of hydrogen-bond acceptors (Lipinski definition) is 5. The van der Waals surface area contributed by atoms with Gasteiger partial charge in [0.1, 0.15) is 5.82 Å². The van der Waals surface area contributed by atoms with Gasteiger partial charge in [-0.2, -0.15) is 0 Å². The summed E-state index contributed by atoms with van der Waals surface area (Å²) in [7, 11) is 0. The summed E-state index contributed by atoms with van der Waals surface area (Å²) >= 11 is 0. The van der Waals surface area contributed by atoms with Crippen LogP contribution >= 0.6 is 0 Å². The number of carboxylic acids is 1. The number of urea groups is 1. The van der Waals surface area contributed by atoms with Crippen molar-refractivity contribution in [3.05, 3.63) is 24.4 Å². The molecule has 1 aliphatic carbocycles. The Morgan fingerprint density at radius 3 is 2.48 bits per heavy atom. The van der Waals surface area contributed by atoms with Crippen LogP contribution in [0, 0.1) is 11.8 Å². The molecule has 182 valence electrons. The summed E-state index contributed by atoms with van der Waals surface area (Å²) in [5.74, 6) is 0.691. The van der Waals surface area contributed by atoms with Crippen LogP contribution in [0.25, 0.3) is 0 Å². The van der Waals surface area contributed by atoms with E-state index in [1.165, 1.54) is 19.3 Å². The molecule has 4 rings (SSSR count). The van der Waals surface area contributed by atoms with Gasteiger partial charge in [-0.15, -0.1) is 0 Å². The minimum atomic E-state index is -0.728. The Bertz CT molecular complexity index is 763. The summed E-state index contributed by atoms with van der Waals surface area (Å²) in [6.07, 6.45) is 9.58. The molecule has 0 bridgehead atoms. The molecule has 2 atom stereocenters. The van der Waals surface area contributed by atoms with Crippen molar-refractivity contribution in [2.45, 2.75) is 57.4 Å². The minimum Gasteiger partial charge on any atom is -0.481 e. The van der Waals surface area contributed by atoms with Gasteiger partial charge in [0.15, 0.2) is 0 Å². The summed E-state index contributed by atoms with van der Waals surface area (Å²) in [5.41, 5.74) is 0. The van der Waals surface area contributed by atoms with Gasteiger partial charge in [-0.3, -0.25) is 9.69 Å². The van der Waals surface area contributed by atoms with Gasteiger partial charge in [0, 0.05) is 57.9 Å². The third kappa shape index (κ3) is 6.82. The van der Waals surface area contributed by atoms with Gasteiger partial charge < -0.3 is 20.2 Å². The summed E-state index contributed by atoms with van der Waals surface area (Å²) in [6.45, 7) is 6.17. The van der Waals surface area contributed by atoms with Gasteiger partial charge in [0.2, 0.25) is 0 Å². The molecule has 3 aliphatic rings. The monoisotopic (exact) mass is 457 g/mol. The quantitative estimate of drug-likeness (QED) is 0.654. The highest BCUT2D eigenvalue weighted by atomic mass is 16.4. The molecule has 2 N–H and O–H groups in total. The standard InChI is InChI=1S/C25H39N5O3/c31-24(32)18-20-10-13-30(25(33)27-22-6-2-1-3-7-22)19-21(20)9-12-28-14-16-29(17-15-28)23-8-4-5-11-26-23/h4-5,8,11,20-22H,1-3,6-7,9-10,12-19H2,(H,27,33)(H,31,32). The first-order valence-corrected chi connectivity index (χ1v) is 12.7. The van der Waals surface area contributed by atoms with Crippen molar-refractivity contribution in [3.8, 4) is 0 Å². The number of amides is 2. The Labute approximate surface area is 197 Å². The average molecular weight is 458 g/mol. The van der Waals surface area contributed by atoms with E-state index in [2.05, 4.69) is 26.2 Å². The van der Waals surface area contributed by atoms with E-state index < -0.39 is 5.97 Å². The van der Waals surface area contributed by atoms with Crippen molar-refractivity contribution in [1.82, 2.24) is 20.1 Å². The highest BCUT2D eigenvalue weighted by Gasteiger charge is 2.33. The van der Waals surface area contributed by atoms with E-state index in [0.717, 1.165) is 64.2 Å². The maximum atomic E-state index is 12.9. The number of nitrogens with one attached hydrogen (secondary N) is 1. The van der Waals surface area contributed by atoms with Crippen LogP contribution in [0.1, 0.15) is 51.4 Å². The largest absolute Gasteiger partial charge is 0.481 e. The number of piperidine rings is 1. The van der Waals surface area contributed by atoms with Crippen LogP contribution in [0.5, 0.6) is 0 Å². The third-order valence-corrected chi connectivity index (χ3v) is 7.71. The molecular weight excluding hydrogens is 418 g/mol. The number of carbonyl (C=O) groups excluding carboxylic acids is 1. The number of aliphatic carboxylic acids is 1. The van der Waals surface area contributed by atoms with Gasteiger partial charge >= 0.3 is 12.0 Å². The smallest absolute Gasteiger partial charge is 0.317 e. The highest BCUT2D eigenvalue weighted by Crippen LogP contribution is 2.30. The molecule has 0 aromatic carbocycles. The summed E-state index contributed by atoms with van der Waals surface area (Å²) < 4.78 is 0. The number of hydrogen-bond donors (Lipinski definition) is 2. The zero-order chi connectivity index (χ0) is 23.0. The fourth-order valence-corrected chi connectivity index (χ4v) is 5.69. The van der Waals surface area contributed by atoms with Gasteiger partial charge in [0.25, 0.3) is 0 Å². The second-order valence-electron chi connectivity index (χ2n) is 9.94. The minimum absolute atomic E-state index is 0.0460.